The van der Waals surface area contributed by atoms with E-state index in [0.29, 0.717) is 21.8 Å². The number of rotatable bonds is 1. The lowest BCUT2D eigenvalue weighted by molar-refractivity contribution is -0.384. The molecule has 0 fully saturated rings. The van der Waals surface area contributed by atoms with E-state index in [2.05, 4.69) is 20.9 Å². The van der Waals surface area contributed by atoms with Gasteiger partial charge in [0.25, 0.3) is 5.69 Å². The summed E-state index contributed by atoms with van der Waals surface area (Å²) in [5.74, 6) is 0. The fourth-order valence-electron chi connectivity index (χ4n) is 2.05. The quantitative estimate of drug-likeness (QED) is 0.424. The number of nitro benzene ring substituents is 1. The van der Waals surface area contributed by atoms with Crippen molar-refractivity contribution in [3.8, 4) is 0 Å². The normalized spacial score (nSPS) is 11.0. The Morgan fingerprint density at radius 2 is 1.68 bits per heavy atom. The van der Waals surface area contributed by atoms with Crippen LogP contribution in [0.25, 0.3) is 21.8 Å². The van der Waals surface area contributed by atoms with Gasteiger partial charge in [-0.1, -0.05) is 15.9 Å². The summed E-state index contributed by atoms with van der Waals surface area (Å²) in [6.07, 6.45) is 0. The summed E-state index contributed by atoms with van der Waals surface area (Å²) >= 11 is 3.31. The molecule has 0 unspecified atom stereocenters. The maximum Gasteiger partial charge on any atom is 0.270 e. The second-order valence-corrected chi connectivity index (χ2v) is 5.05. The van der Waals surface area contributed by atoms with Gasteiger partial charge in [0.2, 0.25) is 0 Å². The monoisotopic (exact) mass is 318 g/mol. The van der Waals surface area contributed by atoms with Crippen molar-refractivity contribution >= 4 is 43.4 Å². The minimum atomic E-state index is -0.510. The third-order valence-electron chi connectivity index (χ3n) is 2.95. The van der Waals surface area contributed by atoms with Crippen molar-refractivity contribution < 1.29 is 4.92 Å². The Morgan fingerprint density at radius 1 is 1.05 bits per heavy atom. The van der Waals surface area contributed by atoms with Crippen LogP contribution < -0.4 is 5.43 Å². The predicted octanol–water partition coefficient (Wildman–Crippen LogP) is 3.35. The summed E-state index contributed by atoms with van der Waals surface area (Å²) in [6, 6.07) is 9.55. The number of non-ortho nitro benzene ring substituents is 1. The first-order valence-electron chi connectivity index (χ1n) is 5.46. The summed E-state index contributed by atoms with van der Waals surface area (Å²) < 4.78 is 0.787. The summed E-state index contributed by atoms with van der Waals surface area (Å²) in [7, 11) is 0. The van der Waals surface area contributed by atoms with Crippen LogP contribution in [-0.2, 0) is 0 Å². The number of H-pyrrole nitrogens is 1. The van der Waals surface area contributed by atoms with Gasteiger partial charge in [-0.25, -0.2) is 0 Å². The molecular weight excluding hydrogens is 312 g/mol. The summed E-state index contributed by atoms with van der Waals surface area (Å²) in [5, 5.41) is 11.6. The van der Waals surface area contributed by atoms with E-state index in [4.69, 9.17) is 0 Å². The van der Waals surface area contributed by atoms with Crippen LogP contribution in [0.4, 0.5) is 5.69 Å². The third kappa shape index (κ3) is 1.90. The fourth-order valence-corrected chi connectivity index (χ4v) is 2.41. The molecule has 0 amide bonds. The molecule has 1 aromatic heterocycles. The van der Waals surface area contributed by atoms with Gasteiger partial charge in [0, 0.05) is 27.5 Å². The number of nitrogens with zero attached hydrogens (tertiary/aromatic N) is 1. The van der Waals surface area contributed by atoms with E-state index in [1.807, 2.05) is 6.07 Å². The van der Waals surface area contributed by atoms with Crippen LogP contribution in [0.2, 0.25) is 0 Å². The number of pyridine rings is 1. The second-order valence-electron chi connectivity index (χ2n) is 4.13. The summed E-state index contributed by atoms with van der Waals surface area (Å²) in [6.45, 7) is 0. The first kappa shape index (κ1) is 11.9. The number of nitro groups is 1. The van der Waals surface area contributed by atoms with Crippen LogP contribution in [0, 0.1) is 10.1 Å². The smallest absolute Gasteiger partial charge is 0.270 e. The Balaban J connectivity index is 2.48. The Kier molecular flexibility index (Phi) is 2.60. The van der Waals surface area contributed by atoms with E-state index in [0.717, 1.165) is 4.47 Å². The van der Waals surface area contributed by atoms with E-state index in [9.17, 15) is 14.9 Å². The van der Waals surface area contributed by atoms with E-state index >= 15 is 0 Å². The zero-order valence-electron chi connectivity index (χ0n) is 9.51. The van der Waals surface area contributed by atoms with Crippen LogP contribution in [0.1, 0.15) is 0 Å². The lowest BCUT2D eigenvalue weighted by Gasteiger charge is -2.03. The second kappa shape index (κ2) is 4.17. The average molecular weight is 319 g/mol. The first-order chi connectivity index (χ1) is 9.06. The standard InChI is InChI=1S/C13H7BrN2O3/c14-7-1-3-11-9(5-7)13(17)10-6-8(16(18)19)2-4-12(10)15-11/h1-6H,(H,15,17). The van der Waals surface area contributed by atoms with Gasteiger partial charge in [0.1, 0.15) is 0 Å². The number of aromatic amines is 1. The molecule has 0 aliphatic rings. The van der Waals surface area contributed by atoms with Crippen LogP contribution in [0.3, 0.4) is 0 Å². The zero-order valence-corrected chi connectivity index (χ0v) is 11.1. The molecule has 0 atom stereocenters. The Bertz CT molecular complexity index is 886. The fraction of sp³-hybridized carbons (Fsp3) is 0. The molecule has 0 bridgehead atoms. The topological polar surface area (TPSA) is 76.0 Å². The van der Waals surface area contributed by atoms with Crippen LogP contribution in [0.15, 0.2) is 45.7 Å². The molecule has 3 aromatic rings. The highest BCUT2D eigenvalue weighted by atomic mass is 79.9. The minimum absolute atomic E-state index is 0.0904. The first-order valence-corrected chi connectivity index (χ1v) is 6.25. The molecular formula is C13H7BrN2O3. The molecule has 1 heterocycles. The van der Waals surface area contributed by atoms with Gasteiger partial charge in [-0.05, 0) is 24.3 Å². The maximum absolute atomic E-state index is 12.4. The van der Waals surface area contributed by atoms with E-state index in [1.165, 1.54) is 12.1 Å². The van der Waals surface area contributed by atoms with E-state index < -0.39 is 4.92 Å². The number of fused-ring (bicyclic) bond motifs is 2. The largest absolute Gasteiger partial charge is 0.354 e. The van der Waals surface area contributed by atoms with Crippen molar-refractivity contribution in [3.63, 3.8) is 0 Å². The van der Waals surface area contributed by atoms with Crippen molar-refractivity contribution in [3.05, 3.63) is 61.2 Å². The summed E-state index contributed by atoms with van der Waals surface area (Å²) in [4.78, 5) is 25.7. The molecule has 6 heteroatoms. The van der Waals surface area contributed by atoms with E-state index in [-0.39, 0.29) is 11.1 Å². The highest BCUT2D eigenvalue weighted by molar-refractivity contribution is 9.10. The van der Waals surface area contributed by atoms with E-state index in [1.54, 1.807) is 18.2 Å². The number of benzene rings is 2. The lowest BCUT2D eigenvalue weighted by atomic mass is 10.1. The highest BCUT2D eigenvalue weighted by Gasteiger charge is 2.11. The lowest BCUT2D eigenvalue weighted by Crippen LogP contribution is -2.04. The van der Waals surface area contributed by atoms with Gasteiger partial charge in [-0.2, -0.15) is 0 Å². The molecule has 0 saturated heterocycles. The van der Waals surface area contributed by atoms with Gasteiger partial charge in [0.05, 0.1) is 15.8 Å². The number of aromatic nitrogens is 1. The maximum atomic E-state index is 12.4. The Labute approximate surface area is 115 Å². The molecule has 5 nitrogen and oxygen atoms in total. The molecule has 0 radical (unpaired) electrons. The van der Waals surface area contributed by atoms with Gasteiger partial charge in [0.15, 0.2) is 5.43 Å². The highest BCUT2D eigenvalue weighted by Crippen LogP contribution is 2.21. The van der Waals surface area contributed by atoms with Gasteiger partial charge in [-0.15, -0.1) is 0 Å². The van der Waals surface area contributed by atoms with Crippen LogP contribution in [-0.4, -0.2) is 9.91 Å². The van der Waals surface area contributed by atoms with Gasteiger partial charge < -0.3 is 4.98 Å². The SMILES string of the molecule is O=c1c2cc(Br)ccc2[nH]c2ccc([N+](=O)[O-])cc12. The molecule has 0 saturated carbocycles. The predicted molar refractivity (Wildman–Crippen MR) is 76.4 cm³/mol. The van der Waals surface area contributed by atoms with Crippen molar-refractivity contribution in [2.45, 2.75) is 0 Å². The van der Waals surface area contributed by atoms with Gasteiger partial charge in [-0.3, -0.25) is 14.9 Å². The Morgan fingerprint density at radius 3 is 2.37 bits per heavy atom. The molecule has 2 aromatic carbocycles. The number of hydrogen-bond acceptors (Lipinski definition) is 3. The molecule has 0 spiro atoms. The molecule has 94 valence electrons. The average Bonchev–Trinajstić information content (AvgIpc) is 2.39. The number of halogens is 1. The zero-order chi connectivity index (χ0) is 13.6. The molecule has 0 aliphatic heterocycles. The molecule has 19 heavy (non-hydrogen) atoms. The van der Waals surface area contributed by atoms with Gasteiger partial charge >= 0.3 is 0 Å². The molecule has 1 N–H and O–H groups in total. The van der Waals surface area contributed by atoms with Crippen molar-refractivity contribution in [1.82, 2.24) is 4.98 Å². The Hall–Kier alpha value is -2.21. The van der Waals surface area contributed by atoms with Crippen molar-refractivity contribution in [2.24, 2.45) is 0 Å². The minimum Gasteiger partial charge on any atom is -0.354 e. The summed E-state index contributed by atoms with van der Waals surface area (Å²) in [5.41, 5.74) is 0.987. The van der Waals surface area contributed by atoms with Crippen molar-refractivity contribution in [1.29, 1.82) is 0 Å². The van der Waals surface area contributed by atoms with Crippen LogP contribution in [0.5, 0.6) is 0 Å². The number of hydrogen-bond donors (Lipinski definition) is 1. The molecule has 0 aliphatic carbocycles. The molecule has 3 rings (SSSR count). The van der Waals surface area contributed by atoms with Crippen LogP contribution >= 0.6 is 15.9 Å². The van der Waals surface area contributed by atoms with Crippen molar-refractivity contribution in [2.75, 3.05) is 0 Å². The number of nitrogens with one attached hydrogen (secondary N) is 1. The third-order valence-corrected chi connectivity index (χ3v) is 3.45.